The van der Waals surface area contributed by atoms with Gasteiger partial charge in [0.05, 0.1) is 18.7 Å². The molecule has 0 aromatic rings. The van der Waals surface area contributed by atoms with Gasteiger partial charge in [-0.1, -0.05) is 27.7 Å². The second kappa shape index (κ2) is 7.63. The van der Waals surface area contributed by atoms with E-state index in [1.165, 1.54) is 0 Å². The maximum absolute atomic E-state index is 11.8. The van der Waals surface area contributed by atoms with Gasteiger partial charge in [0.1, 0.15) is 0 Å². The van der Waals surface area contributed by atoms with E-state index in [1.54, 1.807) is 0 Å². The van der Waals surface area contributed by atoms with Gasteiger partial charge < -0.3 is 15.8 Å². The predicted octanol–water partition coefficient (Wildman–Crippen LogP) is 1.15. The molecular formula is C12H26N2O2. The van der Waals surface area contributed by atoms with E-state index in [2.05, 4.69) is 19.2 Å². The summed E-state index contributed by atoms with van der Waals surface area (Å²) in [6, 6.07) is -0.403. The molecule has 0 heterocycles. The van der Waals surface area contributed by atoms with Crippen LogP contribution in [0.1, 0.15) is 34.6 Å². The number of hydrogen-bond donors (Lipinski definition) is 2. The molecule has 0 radical (unpaired) electrons. The van der Waals surface area contributed by atoms with E-state index in [0.29, 0.717) is 19.1 Å². The minimum Gasteiger partial charge on any atom is -0.380 e. The lowest BCUT2D eigenvalue weighted by Gasteiger charge is -2.25. The highest BCUT2D eigenvalue weighted by atomic mass is 16.5. The SMILES string of the molecule is CCOCC(NC(=O)[C@@H](N)C(C)C)C(C)C. The molecule has 0 saturated heterocycles. The Labute approximate surface area is 98.9 Å². The molecule has 2 atom stereocenters. The van der Waals surface area contributed by atoms with Crippen molar-refractivity contribution in [3.05, 3.63) is 0 Å². The summed E-state index contributed by atoms with van der Waals surface area (Å²) in [7, 11) is 0. The smallest absolute Gasteiger partial charge is 0.237 e. The molecule has 0 aromatic heterocycles. The largest absolute Gasteiger partial charge is 0.380 e. The summed E-state index contributed by atoms with van der Waals surface area (Å²) in [5.41, 5.74) is 5.78. The van der Waals surface area contributed by atoms with Crippen LogP contribution < -0.4 is 11.1 Å². The number of carbonyl (C=O) groups excluding carboxylic acids is 1. The second-order valence-corrected chi connectivity index (χ2v) is 4.79. The molecule has 0 fully saturated rings. The third-order valence-corrected chi connectivity index (χ3v) is 2.65. The number of rotatable bonds is 7. The molecule has 4 heteroatoms. The fourth-order valence-electron chi connectivity index (χ4n) is 1.23. The Kier molecular flexibility index (Phi) is 7.34. The summed E-state index contributed by atoms with van der Waals surface area (Å²) in [6.45, 7) is 11.2. The molecule has 1 unspecified atom stereocenters. The Morgan fingerprint density at radius 1 is 1.25 bits per heavy atom. The number of carbonyl (C=O) groups is 1. The fourth-order valence-corrected chi connectivity index (χ4v) is 1.23. The lowest BCUT2D eigenvalue weighted by atomic mass is 10.0. The topological polar surface area (TPSA) is 64.3 Å². The maximum atomic E-state index is 11.8. The Hall–Kier alpha value is -0.610. The lowest BCUT2D eigenvalue weighted by Crippen LogP contribution is -2.50. The molecule has 0 aliphatic carbocycles. The van der Waals surface area contributed by atoms with Crippen LogP contribution in [0.3, 0.4) is 0 Å². The normalized spacial score (nSPS) is 15.2. The van der Waals surface area contributed by atoms with E-state index in [1.807, 2.05) is 20.8 Å². The van der Waals surface area contributed by atoms with Crippen LogP contribution in [0.25, 0.3) is 0 Å². The van der Waals surface area contributed by atoms with E-state index in [9.17, 15) is 4.79 Å². The van der Waals surface area contributed by atoms with Gasteiger partial charge in [-0.05, 0) is 18.8 Å². The molecule has 0 saturated carbocycles. The number of nitrogens with two attached hydrogens (primary N) is 1. The standard InChI is InChI=1S/C12H26N2O2/c1-6-16-7-10(8(2)3)14-12(15)11(13)9(4)5/h8-11H,6-7,13H2,1-5H3,(H,14,15)/t10?,11-/m0/s1. The van der Waals surface area contributed by atoms with Crippen LogP contribution in [-0.2, 0) is 9.53 Å². The quantitative estimate of drug-likeness (QED) is 0.689. The van der Waals surface area contributed by atoms with Gasteiger partial charge in [-0.2, -0.15) is 0 Å². The minimum absolute atomic E-state index is 0.0391. The van der Waals surface area contributed by atoms with Crippen LogP contribution in [-0.4, -0.2) is 31.2 Å². The van der Waals surface area contributed by atoms with Crippen LogP contribution >= 0.6 is 0 Å². The summed E-state index contributed by atoms with van der Waals surface area (Å²) in [5.74, 6) is 0.406. The molecule has 4 nitrogen and oxygen atoms in total. The average molecular weight is 230 g/mol. The maximum Gasteiger partial charge on any atom is 0.237 e. The molecular weight excluding hydrogens is 204 g/mol. The lowest BCUT2D eigenvalue weighted by molar-refractivity contribution is -0.124. The Morgan fingerprint density at radius 3 is 2.19 bits per heavy atom. The van der Waals surface area contributed by atoms with Gasteiger partial charge in [0.25, 0.3) is 0 Å². The zero-order valence-corrected chi connectivity index (χ0v) is 11.1. The van der Waals surface area contributed by atoms with E-state index in [-0.39, 0.29) is 17.9 Å². The van der Waals surface area contributed by atoms with Crippen molar-refractivity contribution in [3.63, 3.8) is 0 Å². The van der Waals surface area contributed by atoms with Gasteiger partial charge in [-0.15, -0.1) is 0 Å². The first-order valence-corrected chi connectivity index (χ1v) is 6.03. The van der Waals surface area contributed by atoms with Gasteiger partial charge in [0.2, 0.25) is 5.91 Å². The van der Waals surface area contributed by atoms with Gasteiger partial charge in [0.15, 0.2) is 0 Å². The molecule has 0 bridgehead atoms. The highest BCUT2D eigenvalue weighted by molar-refractivity contribution is 5.82. The molecule has 16 heavy (non-hydrogen) atoms. The third-order valence-electron chi connectivity index (χ3n) is 2.65. The van der Waals surface area contributed by atoms with Crippen molar-refractivity contribution >= 4 is 5.91 Å². The Balaban J connectivity index is 4.23. The zero-order valence-electron chi connectivity index (χ0n) is 11.1. The Bertz CT molecular complexity index is 205. The summed E-state index contributed by atoms with van der Waals surface area (Å²) in [6.07, 6.45) is 0. The average Bonchev–Trinajstić information content (AvgIpc) is 2.21. The first kappa shape index (κ1) is 15.4. The van der Waals surface area contributed by atoms with Gasteiger partial charge in [-0.25, -0.2) is 0 Å². The molecule has 0 aliphatic rings. The van der Waals surface area contributed by atoms with Crippen molar-refractivity contribution in [3.8, 4) is 0 Å². The molecule has 3 N–H and O–H groups in total. The molecule has 0 aromatic carbocycles. The van der Waals surface area contributed by atoms with Crippen LogP contribution in [0.5, 0.6) is 0 Å². The number of hydrogen-bond acceptors (Lipinski definition) is 3. The van der Waals surface area contributed by atoms with E-state index in [0.717, 1.165) is 0 Å². The van der Waals surface area contributed by atoms with Crippen LogP contribution in [0.4, 0.5) is 0 Å². The Morgan fingerprint density at radius 2 is 1.81 bits per heavy atom. The van der Waals surface area contributed by atoms with E-state index < -0.39 is 6.04 Å². The predicted molar refractivity (Wildman–Crippen MR) is 66.1 cm³/mol. The summed E-state index contributed by atoms with van der Waals surface area (Å²) in [4.78, 5) is 11.8. The minimum atomic E-state index is -0.442. The number of ether oxygens (including phenoxy) is 1. The van der Waals surface area contributed by atoms with Gasteiger partial charge in [-0.3, -0.25) is 4.79 Å². The van der Waals surface area contributed by atoms with Crippen LogP contribution in [0.2, 0.25) is 0 Å². The summed E-state index contributed by atoms with van der Waals surface area (Å²) >= 11 is 0. The third kappa shape index (κ3) is 5.47. The zero-order chi connectivity index (χ0) is 12.7. The van der Waals surface area contributed by atoms with Crippen molar-refractivity contribution < 1.29 is 9.53 Å². The van der Waals surface area contributed by atoms with Crippen molar-refractivity contribution in [2.24, 2.45) is 17.6 Å². The number of amides is 1. The van der Waals surface area contributed by atoms with E-state index >= 15 is 0 Å². The first-order valence-electron chi connectivity index (χ1n) is 6.03. The molecule has 0 rings (SSSR count). The van der Waals surface area contributed by atoms with Crippen molar-refractivity contribution in [2.75, 3.05) is 13.2 Å². The van der Waals surface area contributed by atoms with Crippen molar-refractivity contribution in [1.82, 2.24) is 5.32 Å². The highest BCUT2D eigenvalue weighted by Crippen LogP contribution is 2.05. The molecule has 96 valence electrons. The summed E-state index contributed by atoms with van der Waals surface area (Å²) < 4.78 is 5.34. The first-order chi connectivity index (χ1) is 7.40. The highest BCUT2D eigenvalue weighted by Gasteiger charge is 2.22. The monoisotopic (exact) mass is 230 g/mol. The van der Waals surface area contributed by atoms with E-state index in [4.69, 9.17) is 10.5 Å². The second-order valence-electron chi connectivity index (χ2n) is 4.79. The van der Waals surface area contributed by atoms with Gasteiger partial charge in [0, 0.05) is 6.61 Å². The van der Waals surface area contributed by atoms with Gasteiger partial charge >= 0.3 is 0 Å². The van der Waals surface area contributed by atoms with Crippen LogP contribution in [0.15, 0.2) is 0 Å². The molecule has 0 aliphatic heterocycles. The molecule has 1 amide bonds. The van der Waals surface area contributed by atoms with Crippen molar-refractivity contribution in [1.29, 1.82) is 0 Å². The number of nitrogens with one attached hydrogen (secondary N) is 1. The fraction of sp³-hybridized carbons (Fsp3) is 0.917. The summed E-state index contributed by atoms with van der Waals surface area (Å²) in [5, 5.41) is 2.94. The molecule has 0 spiro atoms. The van der Waals surface area contributed by atoms with Crippen molar-refractivity contribution in [2.45, 2.75) is 46.7 Å². The van der Waals surface area contributed by atoms with Crippen LogP contribution in [0, 0.1) is 11.8 Å².